The summed E-state index contributed by atoms with van der Waals surface area (Å²) in [5.74, 6) is 2.94. The molecule has 0 spiro atoms. The zero-order valence-corrected chi connectivity index (χ0v) is 15.6. The first-order valence-electron chi connectivity index (χ1n) is 8.04. The summed E-state index contributed by atoms with van der Waals surface area (Å²) >= 11 is 1.51. The second kappa shape index (κ2) is 8.48. The van der Waals surface area contributed by atoms with E-state index in [1.165, 1.54) is 16.4 Å². The van der Waals surface area contributed by atoms with Gasteiger partial charge >= 0.3 is 0 Å². The number of ether oxygens (including phenoxy) is 1. The van der Waals surface area contributed by atoms with Gasteiger partial charge in [0.2, 0.25) is 17.1 Å². The molecule has 136 valence electrons. The van der Waals surface area contributed by atoms with Crippen LogP contribution in [0.25, 0.3) is 5.95 Å². The number of nitrogens with zero attached hydrogens (tertiary/aromatic N) is 6. The Morgan fingerprint density at radius 2 is 1.81 bits per heavy atom. The molecule has 0 radical (unpaired) electrons. The minimum atomic E-state index is 0.393. The minimum Gasteiger partial charge on any atom is -0.492 e. The SMILES string of the molecule is CNc1nc(NC)nc(-n2cnc(SCCOc3ccccc3C)n2)n1. The Bertz CT molecular complexity index is 847. The van der Waals surface area contributed by atoms with E-state index >= 15 is 0 Å². The van der Waals surface area contributed by atoms with Crippen LogP contribution in [0.15, 0.2) is 35.7 Å². The van der Waals surface area contributed by atoms with Crippen LogP contribution in [0.1, 0.15) is 5.56 Å². The first kappa shape index (κ1) is 17.9. The van der Waals surface area contributed by atoms with Gasteiger partial charge in [-0.2, -0.15) is 19.6 Å². The summed E-state index contributed by atoms with van der Waals surface area (Å²) in [6, 6.07) is 7.95. The van der Waals surface area contributed by atoms with Crippen LogP contribution < -0.4 is 15.4 Å². The maximum atomic E-state index is 5.78. The predicted molar refractivity (Wildman–Crippen MR) is 101 cm³/mol. The number of hydrogen-bond acceptors (Lipinski definition) is 9. The van der Waals surface area contributed by atoms with Gasteiger partial charge in [-0.3, -0.25) is 0 Å². The zero-order chi connectivity index (χ0) is 18.4. The molecule has 0 bridgehead atoms. The summed E-state index contributed by atoms with van der Waals surface area (Å²) in [6.07, 6.45) is 1.58. The van der Waals surface area contributed by atoms with Crippen molar-refractivity contribution in [3.8, 4) is 11.7 Å². The number of nitrogens with one attached hydrogen (secondary N) is 2. The molecule has 0 fully saturated rings. The highest BCUT2D eigenvalue weighted by atomic mass is 32.2. The highest BCUT2D eigenvalue weighted by Gasteiger charge is 2.10. The molecule has 2 heterocycles. The maximum Gasteiger partial charge on any atom is 0.258 e. The standard InChI is InChI=1S/C16H20N8OS/c1-11-6-4-5-7-12(11)25-8-9-26-16-19-10-24(23-16)15-21-13(17-2)20-14(18-3)22-15/h4-7,10H,8-9H2,1-3H3,(H2,17,18,20,21,22). The maximum absolute atomic E-state index is 5.78. The van der Waals surface area contributed by atoms with E-state index in [2.05, 4.69) is 35.7 Å². The molecule has 2 N–H and O–H groups in total. The number of hydrogen-bond donors (Lipinski definition) is 2. The fourth-order valence-electron chi connectivity index (χ4n) is 2.10. The Kier molecular flexibility index (Phi) is 5.84. The molecule has 0 aliphatic rings. The van der Waals surface area contributed by atoms with Crippen LogP contribution in [-0.4, -0.2) is 56.2 Å². The third-order valence-corrected chi connectivity index (χ3v) is 4.23. The summed E-state index contributed by atoms with van der Waals surface area (Å²) in [5, 5.41) is 10.8. The van der Waals surface area contributed by atoms with Crippen LogP contribution in [-0.2, 0) is 0 Å². The zero-order valence-electron chi connectivity index (χ0n) is 14.8. The molecule has 0 atom stereocenters. The van der Waals surface area contributed by atoms with E-state index in [4.69, 9.17) is 4.74 Å². The molecular formula is C16H20N8OS. The largest absolute Gasteiger partial charge is 0.492 e. The van der Waals surface area contributed by atoms with Crippen molar-refractivity contribution in [3.63, 3.8) is 0 Å². The highest BCUT2D eigenvalue weighted by Crippen LogP contribution is 2.18. The average Bonchev–Trinajstić information content (AvgIpc) is 3.15. The molecule has 10 heteroatoms. The van der Waals surface area contributed by atoms with Crippen molar-refractivity contribution < 1.29 is 4.74 Å². The molecule has 0 aliphatic heterocycles. The van der Waals surface area contributed by atoms with Crippen LogP contribution in [0.4, 0.5) is 11.9 Å². The number of benzene rings is 1. The van der Waals surface area contributed by atoms with Gasteiger partial charge in [0.25, 0.3) is 5.95 Å². The smallest absolute Gasteiger partial charge is 0.258 e. The molecular weight excluding hydrogens is 352 g/mol. The summed E-state index contributed by atoms with van der Waals surface area (Å²) in [6.45, 7) is 2.60. The van der Waals surface area contributed by atoms with E-state index < -0.39 is 0 Å². The lowest BCUT2D eigenvalue weighted by Crippen LogP contribution is -2.09. The van der Waals surface area contributed by atoms with Crippen molar-refractivity contribution in [1.82, 2.24) is 29.7 Å². The lowest BCUT2D eigenvalue weighted by Gasteiger charge is -2.07. The van der Waals surface area contributed by atoms with Crippen molar-refractivity contribution in [2.75, 3.05) is 37.1 Å². The van der Waals surface area contributed by atoms with E-state index in [9.17, 15) is 0 Å². The molecule has 0 aliphatic carbocycles. The summed E-state index contributed by atoms with van der Waals surface area (Å²) in [7, 11) is 3.49. The molecule has 1 aromatic carbocycles. The molecule has 9 nitrogen and oxygen atoms in total. The molecule has 0 saturated carbocycles. The fraction of sp³-hybridized carbons (Fsp3) is 0.312. The first-order chi connectivity index (χ1) is 12.7. The van der Waals surface area contributed by atoms with Gasteiger partial charge in [0.05, 0.1) is 6.61 Å². The predicted octanol–water partition coefficient (Wildman–Crippen LogP) is 2.02. The molecule has 3 aromatic rings. The number of aryl methyl sites for hydroxylation is 1. The third kappa shape index (κ3) is 4.39. The van der Waals surface area contributed by atoms with Crippen molar-refractivity contribution >= 4 is 23.7 Å². The highest BCUT2D eigenvalue weighted by molar-refractivity contribution is 7.99. The van der Waals surface area contributed by atoms with E-state index in [-0.39, 0.29) is 0 Å². The molecule has 0 saturated heterocycles. The van der Waals surface area contributed by atoms with Crippen molar-refractivity contribution in [3.05, 3.63) is 36.2 Å². The topological polar surface area (TPSA) is 103 Å². The average molecular weight is 372 g/mol. The van der Waals surface area contributed by atoms with Gasteiger partial charge in [-0.1, -0.05) is 30.0 Å². The van der Waals surface area contributed by atoms with Crippen LogP contribution in [0, 0.1) is 6.92 Å². The van der Waals surface area contributed by atoms with Gasteiger partial charge in [0.15, 0.2) is 0 Å². The van der Waals surface area contributed by atoms with Gasteiger partial charge in [0.1, 0.15) is 12.1 Å². The van der Waals surface area contributed by atoms with Crippen LogP contribution in [0.5, 0.6) is 5.75 Å². The van der Waals surface area contributed by atoms with Crippen LogP contribution >= 0.6 is 11.8 Å². The van der Waals surface area contributed by atoms with Crippen LogP contribution in [0.3, 0.4) is 0 Å². The molecule has 0 amide bonds. The third-order valence-electron chi connectivity index (χ3n) is 3.41. The van der Waals surface area contributed by atoms with E-state index in [1.54, 1.807) is 20.4 Å². The summed E-state index contributed by atoms with van der Waals surface area (Å²) in [5.41, 5.74) is 1.12. The number of aromatic nitrogens is 6. The Morgan fingerprint density at radius 1 is 1.08 bits per heavy atom. The number of rotatable bonds is 8. The first-order valence-corrected chi connectivity index (χ1v) is 9.03. The summed E-state index contributed by atoms with van der Waals surface area (Å²) in [4.78, 5) is 17.0. The molecule has 3 rings (SSSR count). The Balaban J connectivity index is 1.59. The van der Waals surface area contributed by atoms with Gasteiger partial charge in [0, 0.05) is 19.8 Å². The fourth-order valence-corrected chi connectivity index (χ4v) is 2.72. The lowest BCUT2D eigenvalue weighted by molar-refractivity contribution is 0.341. The van der Waals surface area contributed by atoms with E-state index in [1.807, 2.05) is 31.2 Å². The van der Waals surface area contributed by atoms with E-state index in [0.717, 1.165) is 17.1 Å². The lowest BCUT2D eigenvalue weighted by atomic mass is 10.2. The molecule has 0 unspecified atom stereocenters. The molecule has 2 aromatic heterocycles. The van der Waals surface area contributed by atoms with Gasteiger partial charge in [-0.25, -0.2) is 4.98 Å². The van der Waals surface area contributed by atoms with Gasteiger partial charge < -0.3 is 15.4 Å². The number of thioether (sulfide) groups is 1. The normalized spacial score (nSPS) is 10.6. The Morgan fingerprint density at radius 3 is 2.50 bits per heavy atom. The van der Waals surface area contributed by atoms with Crippen molar-refractivity contribution in [2.45, 2.75) is 12.1 Å². The van der Waals surface area contributed by atoms with E-state index in [0.29, 0.717) is 29.6 Å². The number of para-hydroxylation sites is 1. The monoisotopic (exact) mass is 372 g/mol. The minimum absolute atomic E-state index is 0.393. The number of anilines is 2. The second-order valence-electron chi connectivity index (χ2n) is 5.22. The van der Waals surface area contributed by atoms with Crippen LogP contribution in [0.2, 0.25) is 0 Å². The second-order valence-corrected chi connectivity index (χ2v) is 6.28. The Hall–Kier alpha value is -2.88. The summed E-state index contributed by atoms with van der Waals surface area (Å²) < 4.78 is 7.30. The van der Waals surface area contributed by atoms with Gasteiger partial charge in [-0.15, -0.1) is 5.10 Å². The van der Waals surface area contributed by atoms with Gasteiger partial charge in [-0.05, 0) is 18.6 Å². The quantitative estimate of drug-likeness (QED) is 0.454. The Labute approximate surface area is 155 Å². The van der Waals surface area contributed by atoms with Crippen molar-refractivity contribution in [1.29, 1.82) is 0 Å². The molecule has 26 heavy (non-hydrogen) atoms. The van der Waals surface area contributed by atoms with Crippen molar-refractivity contribution in [2.24, 2.45) is 0 Å².